The molecule has 5 nitrogen and oxygen atoms in total. The number of hydrogen-bond donors (Lipinski definition) is 1. The van der Waals surface area contributed by atoms with Crippen LogP contribution in [0.15, 0.2) is 30.3 Å². The van der Waals surface area contributed by atoms with Gasteiger partial charge in [-0.15, -0.1) is 0 Å². The van der Waals surface area contributed by atoms with E-state index >= 15 is 0 Å². The molecule has 1 N–H and O–H groups in total. The van der Waals surface area contributed by atoms with Crippen molar-refractivity contribution in [1.29, 1.82) is 0 Å². The fourth-order valence-corrected chi connectivity index (χ4v) is 3.27. The SMILES string of the molecule is CN(C)CCCNC(=O)CC(=O)N1CCC(Cc2ccccc2)CC1. The first-order valence-electron chi connectivity index (χ1n) is 9.27. The number of carbonyl (C=O) groups excluding carboxylic acids is 2. The number of amides is 2. The molecule has 2 amide bonds. The zero-order chi connectivity index (χ0) is 18.1. The number of carbonyl (C=O) groups is 2. The van der Waals surface area contributed by atoms with Crippen LogP contribution in [-0.2, 0) is 16.0 Å². The predicted molar refractivity (Wildman–Crippen MR) is 100 cm³/mol. The molecule has 138 valence electrons. The third kappa shape index (κ3) is 7.26. The molecule has 0 radical (unpaired) electrons. The molecule has 5 heteroatoms. The highest BCUT2D eigenvalue weighted by atomic mass is 16.2. The molecule has 2 rings (SSSR count). The minimum atomic E-state index is -0.157. The summed E-state index contributed by atoms with van der Waals surface area (Å²) in [6.07, 6.45) is 3.99. The van der Waals surface area contributed by atoms with Crippen LogP contribution in [0.4, 0.5) is 0 Å². The highest BCUT2D eigenvalue weighted by molar-refractivity contribution is 5.96. The Morgan fingerprint density at radius 3 is 2.48 bits per heavy atom. The lowest BCUT2D eigenvalue weighted by Gasteiger charge is -2.32. The first-order valence-corrected chi connectivity index (χ1v) is 9.27. The maximum absolute atomic E-state index is 12.3. The Labute approximate surface area is 151 Å². The van der Waals surface area contributed by atoms with Crippen molar-refractivity contribution in [3.05, 3.63) is 35.9 Å². The van der Waals surface area contributed by atoms with E-state index in [-0.39, 0.29) is 18.2 Å². The molecule has 1 aliphatic heterocycles. The molecule has 0 aliphatic carbocycles. The topological polar surface area (TPSA) is 52.7 Å². The van der Waals surface area contributed by atoms with Crippen molar-refractivity contribution >= 4 is 11.8 Å². The molecule has 25 heavy (non-hydrogen) atoms. The molecule has 1 aliphatic rings. The summed E-state index contributed by atoms with van der Waals surface area (Å²) < 4.78 is 0. The minimum Gasteiger partial charge on any atom is -0.356 e. The molecule has 1 aromatic rings. The second-order valence-corrected chi connectivity index (χ2v) is 7.20. The van der Waals surface area contributed by atoms with E-state index < -0.39 is 0 Å². The molecule has 0 aromatic heterocycles. The van der Waals surface area contributed by atoms with Crippen LogP contribution in [0.25, 0.3) is 0 Å². The number of nitrogens with zero attached hydrogens (tertiary/aromatic N) is 2. The summed E-state index contributed by atoms with van der Waals surface area (Å²) in [7, 11) is 4.01. The summed E-state index contributed by atoms with van der Waals surface area (Å²) in [5, 5.41) is 2.84. The largest absolute Gasteiger partial charge is 0.356 e. The molecule has 1 saturated heterocycles. The quantitative estimate of drug-likeness (QED) is 0.579. The van der Waals surface area contributed by atoms with E-state index in [0.29, 0.717) is 12.5 Å². The number of likely N-dealkylation sites (tertiary alicyclic amines) is 1. The van der Waals surface area contributed by atoms with Crippen LogP contribution < -0.4 is 5.32 Å². The van der Waals surface area contributed by atoms with Gasteiger partial charge in [0.05, 0.1) is 0 Å². The van der Waals surface area contributed by atoms with Crippen LogP contribution in [0.5, 0.6) is 0 Å². The monoisotopic (exact) mass is 345 g/mol. The summed E-state index contributed by atoms with van der Waals surface area (Å²) >= 11 is 0. The molecule has 1 heterocycles. The van der Waals surface area contributed by atoms with Gasteiger partial charge in [0, 0.05) is 19.6 Å². The van der Waals surface area contributed by atoms with Crippen LogP contribution in [0.1, 0.15) is 31.2 Å². The average molecular weight is 345 g/mol. The lowest BCUT2D eigenvalue weighted by molar-refractivity contribution is -0.137. The molecule has 1 fully saturated rings. The van der Waals surface area contributed by atoms with E-state index in [9.17, 15) is 9.59 Å². The Balaban J connectivity index is 1.64. The van der Waals surface area contributed by atoms with E-state index in [1.54, 1.807) is 0 Å². The summed E-state index contributed by atoms with van der Waals surface area (Å²) in [5.74, 6) is 0.435. The second kappa shape index (κ2) is 10.2. The lowest BCUT2D eigenvalue weighted by Crippen LogP contribution is -2.41. The van der Waals surface area contributed by atoms with E-state index in [1.165, 1.54) is 5.56 Å². The Bertz CT molecular complexity index is 537. The van der Waals surface area contributed by atoms with E-state index in [0.717, 1.165) is 45.3 Å². The zero-order valence-corrected chi connectivity index (χ0v) is 15.5. The summed E-state index contributed by atoms with van der Waals surface area (Å²) in [6.45, 7) is 3.10. The Kier molecular flexibility index (Phi) is 7.92. The minimum absolute atomic E-state index is 0.0225. The van der Waals surface area contributed by atoms with Gasteiger partial charge in [-0.2, -0.15) is 0 Å². The Morgan fingerprint density at radius 2 is 1.84 bits per heavy atom. The van der Waals surface area contributed by atoms with Gasteiger partial charge in [0.2, 0.25) is 11.8 Å². The van der Waals surface area contributed by atoms with Crippen molar-refractivity contribution in [2.75, 3.05) is 40.3 Å². The fourth-order valence-electron chi connectivity index (χ4n) is 3.27. The van der Waals surface area contributed by atoms with Crippen molar-refractivity contribution in [3.63, 3.8) is 0 Å². The number of hydrogen-bond acceptors (Lipinski definition) is 3. The third-order valence-corrected chi connectivity index (χ3v) is 4.75. The fraction of sp³-hybridized carbons (Fsp3) is 0.600. The second-order valence-electron chi connectivity index (χ2n) is 7.20. The third-order valence-electron chi connectivity index (χ3n) is 4.75. The van der Waals surface area contributed by atoms with Crippen molar-refractivity contribution in [2.45, 2.75) is 32.1 Å². The van der Waals surface area contributed by atoms with Gasteiger partial charge < -0.3 is 15.1 Å². The van der Waals surface area contributed by atoms with Gasteiger partial charge >= 0.3 is 0 Å². The first kappa shape index (κ1) is 19.4. The Hall–Kier alpha value is -1.88. The molecule has 0 atom stereocenters. The summed E-state index contributed by atoms with van der Waals surface area (Å²) in [5.41, 5.74) is 1.37. The number of benzene rings is 1. The van der Waals surface area contributed by atoms with Gasteiger partial charge in [-0.25, -0.2) is 0 Å². The van der Waals surface area contributed by atoms with E-state index in [1.807, 2.05) is 25.1 Å². The first-order chi connectivity index (χ1) is 12.0. The molecule has 0 spiro atoms. The summed E-state index contributed by atoms with van der Waals surface area (Å²) in [6, 6.07) is 10.5. The highest BCUT2D eigenvalue weighted by Gasteiger charge is 2.24. The van der Waals surface area contributed by atoms with Gasteiger partial charge in [0.15, 0.2) is 0 Å². The lowest BCUT2D eigenvalue weighted by atomic mass is 9.90. The van der Waals surface area contributed by atoms with E-state index in [2.05, 4.69) is 34.5 Å². The maximum atomic E-state index is 12.3. The molecule has 0 unspecified atom stereocenters. The van der Waals surface area contributed by atoms with Gasteiger partial charge in [-0.1, -0.05) is 30.3 Å². The molecule has 0 bridgehead atoms. The standard InChI is InChI=1S/C20H31N3O2/c1-22(2)12-6-11-21-19(24)16-20(25)23-13-9-18(10-14-23)15-17-7-4-3-5-8-17/h3-5,7-8,18H,6,9-16H2,1-2H3,(H,21,24). The van der Waals surface area contributed by atoms with Crippen LogP contribution in [0, 0.1) is 5.92 Å². The van der Waals surface area contributed by atoms with E-state index in [4.69, 9.17) is 0 Å². The molecular formula is C20H31N3O2. The average Bonchev–Trinajstić information content (AvgIpc) is 2.60. The van der Waals surface area contributed by atoms with Crippen LogP contribution in [-0.4, -0.2) is 61.9 Å². The van der Waals surface area contributed by atoms with Gasteiger partial charge in [-0.3, -0.25) is 9.59 Å². The van der Waals surface area contributed by atoms with Crippen molar-refractivity contribution < 1.29 is 9.59 Å². The van der Waals surface area contributed by atoms with Crippen molar-refractivity contribution in [1.82, 2.24) is 15.1 Å². The predicted octanol–water partition coefficient (Wildman–Crippen LogP) is 1.93. The van der Waals surface area contributed by atoms with Crippen LogP contribution >= 0.6 is 0 Å². The normalized spacial score (nSPS) is 15.4. The molecule has 0 saturated carbocycles. The smallest absolute Gasteiger partial charge is 0.232 e. The van der Waals surface area contributed by atoms with Crippen molar-refractivity contribution in [3.8, 4) is 0 Å². The Morgan fingerprint density at radius 1 is 1.16 bits per heavy atom. The maximum Gasteiger partial charge on any atom is 0.232 e. The van der Waals surface area contributed by atoms with Gasteiger partial charge in [0.25, 0.3) is 0 Å². The van der Waals surface area contributed by atoms with Crippen LogP contribution in [0.3, 0.4) is 0 Å². The zero-order valence-electron chi connectivity index (χ0n) is 15.5. The van der Waals surface area contributed by atoms with Gasteiger partial charge in [-0.05, 0) is 57.8 Å². The molecule has 1 aromatic carbocycles. The number of piperidine rings is 1. The van der Waals surface area contributed by atoms with Crippen molar-refractivity contribution in [2.24, 2.45) is 5.92 Å². The van der Waals surface area contributed by atoms with Gasteiger partial charge in [0.1, 0.15) is 6.42 Å². The van der Waals surface area contributed by atoms with Crippen LogP contribution in [0.2, 0.25) is 0 Å². The summed E-state index contributed by atoms with van der Waals surface area (Å²) in [4.78, 5) is 28.1. The number of rotatable bonds is 8. The molecular weight excluding hydrogens is 314 g/mol. The number of nitrogens with one attached hydrogen (secondary N) is 1. The highest BCUT2D eigenvalue weighted by Crippen LogP contribution is 2.22.